The summed E-state index contributed by atoms with van der Waals surface area (Å²) in [7, 11) is 1.68. The molecule has 2 rings (SSSR count). The third-order valence-corrected chi connectivity index (χ3v) is 4.32. The molecule has 1 N–H and O–H groups in total. The summed E-state index contributed by atoms with van der Waals surface area (Å²) in [6.07, 6.45) is -0.952. The summed E-state index contributed by atoms with van der Waals surface area (Å²) in [4.78, 5) is 39.2. The first-order valence-electron chi connectivity index (χ1n) is 9.66. The summed E-state index contributed by atoms with van der Waals surface area (Å²) in [6, 6.07) is 16.1. The predicted octanol–water partition coefficient (Wildman–Crippen LogP) is 3.28. The molecule has 0 aliphatic heterocycles. The van der Waals surface area contributed by atoms with Crippen LogP contribution in [0.2, 0.25) is 0 Å². The van der Waals surface area contributed by atoms with E-state index < -0.39 is 12.1 Å². The van der Waals surface area contributed by atoms with E-state index in [2.05, 4.69) is 5.32 Å². The van der Waals surface area contributed by atoms with Crippen LogP contribution in [0.25, 0.3) is 0 Å². The van der Waals surface area contributed by atoms with Crippen LogP contribution in [-0.2, 0) is 16.1 Å². The molecule has 2 aromatic rings. The van der Waals surface area contributed by atoms with Crippen LogP contribution >= 0.6 is 0 Å². The van der Waals surface area contributed by atoms with Crippen molar-refractivity contribution < 1.29 is 19.1 Å². The maximum Gasteiger partial charge on any atom is 0.339 e. The highest BCUT2D eigenvalue weighted by Gasteiger charge is 2.24. The van der Waals surface area contributed by atoms with Gasteiger partial charge in [0.2, 0.25) is 0 Å². The summed E-state index contributed by atoms with van der Waals surface area (Å²) in [5.41, 5.74) is 1.37. The molecule has 2 aromatic carbocycles. The molecule has 0 aromatic heterocycles. The van der Waals surface area contributed by atoms with Crippen molar-refractivity contribution in [2.45, 2.75) is 33.4 Å². The Hall–Kier alpha value is -3.15. The fourth-order valence-corrected chi connectivity index (χ4v) is 2.71. The topological polar surface area (TPSA) is 75.7 Å². The monoisotopic (exact) mass is 396 g/mol. The van der Waals surface area contributed by atoms with E-state index in [-0.39, 0.29) is 22.9 Å². The Morgan fingerprint density at radius 3 is 2.14 bits per heavy atom. The number of rotatable bonds is 8. The lowest BCUT2D eigenvalue weighted by Crippen LogP contribution is -2.38. The average Bonchev–Trinajstić information content (AvgIpc) is 2.71. The molecule has 0 fully saturated rings. The van der Waals surface area contributed by atoms with E-state index >= 15 is 0 Å². The molecule has 0 bridgehead atoms. The van der Waals surface area contributed by atoms with Gasteiger partial charge in [0.05, 0.1) is 11.1 Å². The molecule has 0 unspecified atom stereocenters. The van der Waals surface area contributed by atoms with E-state index in [1.807, 2.05) is 44.2 Å². The first-order chi connectivity index (χ1) is 13.8. The molecule has 0 spiro atoms. The van der Waals surface area contributed by atoms with E-state index in [0.29, 0.717) is 19.0 Å². The Morgan fingerprint density at radius 2 is 1.52 bits per heavy atom. The van der Waals surface area contributed by atoms with Crippen LogP contribution in [0.5, 0.6) is 0 Å². The van der Waals surface area contributed by atoms with Gasteiger partial charge in [0.1, 0.15) is 0 Å². The molecule has 0 aliphatic rings. The standard InChI is InChI=1S/C23H28N2O4/c1-16(2)14-24-21(26)17(3)29-23(28)20-13-9-8-12-19(20)22(27)25(4)15-18-10-6-5-7-11-18/h5-13,16-17H,14-15H2,1-4H3,(H,24,26)/t17-/m0/s1. The quantitative estimate of drug-likeness (QED) is 0.695. The lowest BCUT2D eigenvalue weighted by molar-refractivity contribution is -0.129. The zero-order chi connectivity index (χ0) is 21.4. The molecule has 0 saturated heterocycles. The Bertz CT molecular complexity index is 849. The Balaban J connectivity index is 2.09. The number of nitrogens with zero attached hydrogens (tertiary/aromatic N) is 1. The van der Waals surface area contributed by atoms with E-state index in [0.717, 1.165) is 5.56 Å². The number of ether oxygens (including phenoxy) is 1. The van der Waals surface area contributed by atoms with E-state index in [4.69, 9.17) is 4.74 Å². The van der Waals surface area contributed by atoms with Crippen molar-refractivity contribution >= 4 is 17.8 Å². The predicted molar refractivity (Wildman–Crippen MR) is 111 cm³/mol. The fraction of sp³-hybridized carbons (Fsp3) is 0.348. The highest BCUT2D eigenvalue weighted by atomic mass is 16.5. The molecule has 1 atom stereocenters. The summed E-state index contributed by atoms with van der Waals surface area (Å²) in [5.74, 6) is -1.06. The molecule has 0 aliphatic carbocycles. The summed E-state index contributed by atoms with van der Waals surface area (Å²) in [5, 5.41) is 2.73. The zero-order valence-corrected chi connectivity index (χ0v) is 17.3. The van der Waals surface area contributed by atoms with Gasteiger partial charge in [-0.1, -0.05) is 56.3 Å². The van der Waals surface area contributed by atoms with Crippen molar-refractivity contribution in [2.75, 3.05) is 13.6 Å². The van der Waals surface area contributed by atoms with Crippen molar-refractivity contribution in [1.82, 2.24) is 10.2 Å². The van der Waals surface area contributed by atoms with Gasteiger partial charge in [-0.15, -0.1) is 0 Å². The minimum Gasteiger partial charge on any atom is -0.449 e. The van der Waals surface area contributed by atoms with Crippen LogP contribution in [0.4, 0.5) is 0 Å². The second-order valence-electron chi connectivity index (χ2n) is 7.38. The van der Waals surface area contributed by atoms with Gasteiger partial charge in [0.15, 0.2) is 6.10 Å². The van der Waals surface area contributed by atoms with Crippen LogP contribution < -0.4 is 5.32 Å². The number of hydrogen-bond donors (Lipinski definition) is 1. The van der Waals surface area contributed by atoms with Crippen LogP contribution in [0.3, 0.4) is 0 Å². The molecule has 0 saturated carbocycles. The number of amides is 2. The van der Waals surface area contributed by atoms with Gasteiger partial charge in [-0.3, -0.25) is 9.59 Å². The largest absolute Gasteiger partial charge is 0.449 e. The first-order valence-corrected chi connectivity index (χ1v) is 9.66. The van der Waals surface area contributed by atoms with Crippen LogP contribution in [-0.4, -0.2) is 42.4 Å². The second-order valence-corrected chi connectivity index (χ2v) is 7.38. The number of carbonyl (C=O) groups excluding carboxylic acids is 3. The summed E-state index contributed by atoms with van der Waals surface area (Å²) < 4.78 is 5.30. The fourth-order valence-electron chi connectivity index (χ4n) is 2.71. The highest BCUT2D eigenvalue weighted by molar-refractivity contribution is 6.05. The molecule has 0 heterocycles. The molecular weight excluding hydrogens is 368 g/mol. The molecular formula is C23H28N2O4. The van der Waals surface area contributed by atoms with Gasteiger partial charge in [-0.2, -0.15) is 0 Å². The van der Waals surface area contributed by atoms with Crippen molar-refractivity contribution in [3.05, 3.63) is 71.3 Å². The maximum atomic E-state index is 12.9. The van der Waals surface area contributed by atoms with E-state index in [1.165, 1.54) is 13.0 Å². The molecule has 0 radical (unpaired) electrons. The molecule has 6 heteroatoms. The lowest BCUT2D eigenvalue weighted by Gasteiger charge is -2.20. The summed E-state index contributed by atoms with van der Waals surface area (Å²) in [6.45, 7) is 6.38. The van der Waals surface area contributed by atoms with Crippen molar-refractivity contribution in [1.29, 1.82) is 0 Å². The first kappa shape index (κ1) is 22.1. The van der Waals surface area contributed by atoms with Crippen molar-refractivity contribution in [2.24, 2.45) is 5.92 Å². The number of nitrogens with one attached hydrogen (secondary N) is 1. The Morgan fingerprint density at radius 1 is 0.931 bits per heavy atom. The maximum absolute atomic E-state index is 12.9. The third kappa shape index (κ3) is 6.45. The smallest absolute Gasteiger partial charge is 0.339 e. The third-order valence-electron chi connectivity index (χ3n) is 4.32. The van der Waals surface area contributed by atoms with Gasteiger partial charge in [0.25, 0.3) is 11.8 Å². The average molecular weight is 396 g/mol. The van der Waals surface area contributed by atoms with Crippen LogP contribution in [0.15, 0.2) is 54.6 Å². The number of esters is 1. The van der Waals surface area contributed by atoms with Gasteiger partial charge < -0.3 is 15.0 Å². The van der Waals surface area contributed by atoms with E-state index in [1.54, 1.807) is 30.1 Å². The molecule has 2 amide bonds. The molecule has 29 heavy (non-hydrogen) atoms. The van der Waals surface area contributed by atoms with Crippen LogP contribution in [0.1, 0.15) is 47.1 Å². The SMILES string of the molecule is CC(C)CNC(=O)[C@H](C)OC(=O)c1ccccc1C(=O)N(C)Cc1ccccc1. The molecule has 6 nitrogen and oxygen atoms in total. The normalized spacial score (nSPS) is 11.6. The van der Waals surface area contributed by atoms with Crippen LogP contribution in [0, 0.1) is 5.92 Å². The Kier molecular flexibility index (Phi) is 7.95. The van der Waals surface area contributed by atoms with Gasteiger partial charge in [-0.05, 0) is 30.5 Å². The molecule has 154 valence electrons. The van der Waals surface area contributed by atoms with Gasteiger partial charge >= 0.3 is 5.97 Å². The Labute approximate surface area is 171 Å². The highest BCUT2D eigenvalue weighted by Crippen LogP contribution is 2.15. The minimum atomic E-state index is -0.952. The summed E-state index contributed by atoms with van der Waals surface area (Å²) >= 11 is 0. The number of benzene rings is 2. The second kappa shape index (κ2) is 10.4. The van der Waals surface area contributed by atoms with Crippen molar-refractivity contribution in [3.8, 4) is 0 Å². The van der Waals surface area contributed by atoms with Gasteiger partial charge in [-0.25, -0.2) is 4.79 Å². The van der Waals surface area contributed by atoms with Gasteiger partial charge in [0, 0.05) is 20.1 Å². The van der Waals surface area contributed by atoms with Crippen molar-refractivity contribution in [3.63, 3.8) is 0 Å². The van der Waals surface area contributed by atoms with E-state index in [9.17, 15) is 14.4 Å². The number of carbonyl (C=O) groups is 3. The minimum absolute atomic E-state index is 0.140. The number of hydrogen-bond acceptors (Lipinski definition) is 4. The lowest BCUT2D eigenvalue weighted by atomic mass is 10.1. The zero-order valence-electron chi connectivity index (χ0n) is 17.3.